The molecule has 2 aromatic rings. The first-order valence-electron chi connectivity index (χ1n) is 6.93. The van der Waals surface area contributed by atoms with Gasteiger partial charge in [0.15, 0.2) is 0 Å². The Bertz CT molecular complexity index is 515. The topological polar surface area (TPSA) is 12.0 Å². The molecule has 0 amide bonds. The molecule has 0 spiro atoms. The van der Waals surface area contributed by atoms with E-state index in [1.165, 1.54) is 20.9 Å². The lowest BCUT2D eigenvalue weighted by Crippen LogP contribution is -2.23. The summed E-state index contributed by atoms with van der Waals surface area (Å²) in [6.07, 6.45) is 0. The van der Waals surface area contributed by atoms with Crippen molar-refractivity contribution in [2.45, 2.75) is 39.7 Å². The minimum Gasteiger partial charge on any atom is -0.310 e. The molecule has 0 bridgehead atoms. The van der Waals surface area contributed by atoms with Crippen molar-refractivity contribution in [2.75, 3.05) is 6.54 Å². The second kappa shape index (κ2) is 6.36. The molecule has 0 saturated carbocycles. The number of hydrogen-bond acceptors (Lipinski definition) is 2. The fourth-order valence-electron chi connectivity index (χ4n) is 2.44. The summed E-state index contributed by atoms with van der Waals surface area (Å²) in [4.78, 5) is 2.84. The molecular weight excluding hydrogens is 250 g/mol. The molecule has 102 valence electrons. The van der Waals surface area contributed by atoms with E-state index in [-0.39, 0.29) is 0 Å². The Balaban J connectivity index is 1.94. The van der Waals surface area contributed by atoms with Crippen molar-refractivity contribution in [3.05, 3.63) is 57.3 Å². The van der Waals surface area contributed by atoms with Gasteiger partial charge in [0.2, 0.25) is 0 Å². The first-order valence-corrected chi connectivity index (χ1v) is 7.75. The molecular formula is C17H23NS. The Labute approximate surface area is 120 Å². The van der Waals surface area contributed by atoms with Crippen LogP contribution in [-0.4, -0.2) is 6.54 Å². The van der Waals surface area contributed by atoms with Crippen molar-refractivity contribution >= 4 is 11.3 Å². The molecule has 0 saturated heterocycles. The minimum absolute atomic E-state index is 0.427. The SMILES string of the molecule is Cc1cc(C(C)NCC(C)c2ccccc2)c(C)s1. The van der Waals surface area contributed by atoms with E-state index in [1.54, 1.807) is 0 Å². The average molecular weight is 273 g/mol. The molecule has 2 atom stereocenters. The van der Waals surface area contributed by atoms with Crippen LogP contribution < -0.4 is 5.32 Å². The van der Waals surface area contributed by atoms with Crippen molar-refractivity contribution in [3.8, 4) is 0 Å². The second-order valence-electron chi connectivity index (χ2n) is 5.31. The molecule has 19 heavy (non-hydrogen) atoms. The zero-order valence-corrected chi connectivity index (χ0v) is 13.1. The summed E-state index contributed by atoms with van der Waals surface area (Å²) in [6.45, 7) is 9.94. The zero-order chi connectivity index (χ0) is 13.8. The predicted octanol–water partition coefficient (Wildman–Crippen LogP) is 4.82. The highest BCUT2D eigenvalue weighted by atomic mass is 32.1. The summed E-state index contributed by atoms with van der Waals surface area (Å²) >= 11 is 1.89. The first kappa shape index (κ1) is 14.3. The molecule has 1 aromatic heterocycles. The van der Waals surface area contributed by atoms with Gasteiger partial charge in [-0.15, -0.1) is 11.3 Å². The molecule has 2 rings (SSSR count). The fraction of sp³-hybridized carbons (Fsp3) is 0.412. The van der Waals surface area contributed by atoms with E-state index >= 15 is 0 Å². The summed E-state index contributed by atoms with van der Waals surface area (Å²) in [7, 11) is 0. The molecule has 0 aliphatic rings. The molecule has 2 unspecified atom stereocenters. The maximum atomic E-state index is 3.66. The van der Waals surface area contributed by atoms with Crippen LogP contribution in [-0.2, 0) is 0 Å². The quantitative estimate of drug-likeness (QED) is 0.823. The third kappa shape index (κ3) is 3.68. The molecule has 0 fully saturated rings. The van der Waals surface area contributed by atoms with Crippen molar-refractivity contribution < 1.29 is 0 Å². The van der Waals surface area contributed by atoms with E-state index < -0.39 is 0 Å². The summed E-state index contributed by atoms with van der Waals surface area (Å²) in [5, 5.41) is 3.66. The maximum absolute atomic E-state index is 3.66. The van der Waals surface area contributed by atoms with E-state index in [1.807, 2.05) is 11.3 Å². The number of nitrogens with one attached hydrogen (secondary N) is 1. The van der Waals surface area contributed by atoms with E-state index in [0.29, 0.717) is 12.0 Å². The van der Waals surface area contributed by atoms with E-state index in [2.05, 4.69) is 69.4 Å². The van der Waals surface area contributed by atoms with E-state index in [9.17, 15) is 0 Å². The highest BCUT2D eigenvalue weighted by molar-refractivity contribution is 7.12. The number of rotatable bonds is 5. The highest BCUT2D eigenvalue weighted by Gasteiger charge is 2.12. The summed E-state index contributed by atoms with van der Waals surface area (Å²) in [5.41, 5.74) is 2.85. The predicted molar refractivity (Wildman–Crippen MR) is 85.1 cm³/mol. The van der Waals surface area contributed by atoms with Crippen LogP contribution >= 0.6 is 11.3 Å². The lowest BCUT2D eigenvalue weighted by Gasteiger charge is -2.18. The third-order valence-electron chi connectivity index (χ3n) is 3.64. The van der Waals surface area contributed by atoms with E-state index in [0.717, 1.165) is 6.54 Å². The largest absolute Gasteiger partial charge is 0.310 e. The first-order chi connectivity index (χ1) is 9.08. The monoisotopic (exact) mass is 273 g/mol. The molecule has 1 heterocycles. The van der Waals surface area contributed by atoms with Gasteiger partial charge in [0, 0.05) is 22.3 Å². The van der Waals surface area contributed by atoms with Crippen LogP contribution in [0.3, 0.4) is 0 Å². The van der Waals surface area contributed by atoms with Gasteiger partial charge in [0.05, 0.1) is 0 Å². The van der Waals surface area contributed by atoms with Gasteiger partial charge in [0.1, 0.15) is 0 Å². The fourth-order valence-corrected chi connectivity index (χ4v) is 3.47. The van der Waals surface area contributed by atoms with Gasteiger partial charge in [-0.1, -0.05) is 37.3 Å². The summed E-state index contributed by atoms with van der Waals surface area (Å²) in [6, 6.07) is 13.4. The van der Waals surface area contributed by atoms with Crippen LogP contribution in [0.5, 0.6) is 0 Å². The van der Waals surface area contributed by atoms with Crippen molar-refractivity contribution in [3.63, 3.8) is 0 Å². The van der Waals surface area contributed by atoms with Crippen LogP contribution in [0.2, 0.25) is 0 Å². The van der Waals surface area contributed by atoms with Gasteiger partial charge in [0.25, 0.3) is 0 Å². The molecule has 1 nitrogen and oxygen atoms in total. The van der Waals surface area contributed by atoms with Crippen LogP contribution in [0.1, 0.15) is 46.7 Å². The molecule has 0 radical (unpaired) electrons. The third-order valence-corrected chi connectivity index (χ3v) is 4.63. The summed E-state index contributed by atoms with van der Waals surface area (Å²) in [5.74, 6) is 0.545. The second-order valence-corrected chi connectivity index (χ2v) is 6.77. The van der Waals surface area contributed by atoms with Crippen LogP contribution in [0.15, 0.2) is 36.4 Å². The maximum Gasteiger partial charge on any atom is 0.0303 e. The Hall–Kier alpha value is -1.12. The minimum atomic E-state index is 0.427. The Morgan fingerprint density at radius 1 is 1.11 bits per heavy atom. The van der Waals surface area contributed by atoms with Crippen LogP contribution in [0, 0.1) is 13.8 Å². The molecule has 0 aliphatic heterocycles. The van der Waals surface area contributed by atoms with Crippen molar-refractivity contribution in [1.82, 2.24) is 5.32 Å². The lowest BCUT2D eigenvalue weighted by molar-refractivity contribution is 0.536. The standard InChI is InChI=1S/C17H23NS/c1-12(16-8-6-5-7-9-16)11-18-14(3)17-10-13(2)19-15(17)4/h5-10,12,14,18H,11H2,1-4H3. The average Bonchev–Trinajstić information content (AvgIpc) is 2.75. The molecule has 1 N–H and O–H groups in total. The lowest BCUT2D eigenvalue weighted by atomic mass is 10.0. The van der Waals surface area contributed by atoms with Gasteiger partial charge in [-0.05, 0) is 43.9 Å². The number of aryl methyl sites for hydroxylation is 2. The summed E-state index contributed by atoms with van der Waals surface area (Å²) < 4.78 is 0. The van der Waals surface area contributed by atoms with Gasteiger partial charge in [-0.3, -0.25) is 0 Å². The highest BCUT2D eigenvalue weighted by Crippen LogP contribution is 2.26. The van der Waals surface area contributed by atoms with Gasteiger partial charge in [-0.25, -0.2) is 0 Å². The number of benzene rings is 1. The zero-order valence-electron chi connectivity index (χ0n) is 12.2. The number of hydrogen-bond donors (Lipinski definition) is 1. The normalized spacial score (nSPS) is 14.3. The van der Waals surface area contributed by atoms with E-state index in [4.69, 9.17) is 0 Å². The smallest absolute Gasteiger partial charge is 0.0303 e. The van der Waals surface area contributed by atoms with Crippen molar-refractivity contribution in [2.24, 2.45) is 0 Å². The number of thiophene rings is 1. The molecule has 2 heteroatoms. The van der Waals surface area contributed by atoms with Crippen molar-refractivity contribution in [1.29, 1.82) is 0 Å². The Morgan fingerprint density at radius 3 is 2.37 bits per heavy atom. The van der Waals surface area contributed by atoms with Gasteiger partial charge in [-0.2, -0.15) is 0 Å². The van der Waals surface area contributed by atoms with Crippen LogP contribution in [0.4, 0.5) is 0 Å². The van der Waals surface area contributed by atoms with Crippen LogP contribution in [0.25, 0.3) is 0 Å². The Kier molecular flexibility index (Phi) is 4.78. The van der Waals surface area contributed by atoms with Gasteiger partial charge < -0.3 is 5.32 Å². The molecule has 0 aliphatic carbocycles. The molecule has 1 aromatic carbocycles. The van der Waals surface area contributed by atoms with Gasteiger partial charge >= 0.3 is 0 Å². The Morgan fingerprint density at radius 2 is 1.79 bits per heavy atom.